The molecule has 0 saturated carbocycles. The van der Waals surface area contributed by atoms with Crippen LogP contribution in [-0.2, 0) is 0 Å². The lowest BCUT2D eigenvalue weighted by atomic mass is 10.0. The van der Waals surface area contributed by atoms with Gasteiger partial charge in [0.1, 0.15) is 0 Å². The van der Waals surface area contributed by atoms with Crippen LogP contribution in [-0.4, -0.2) is 26.0 Å². The number of carbonyl (C=O) groups is 1. The highest BCUT2D eigenvalue weighted by molar-refractivity contribution is 6.31. The molecule has 0 radical (unpaired) electrons. The summed E-state index contributed by atoms with van der Waals surface area (Å²) in [5.74, 6) is -0.990. The summed E-state index contributed by atoms with van der Waals surface area (Å²) in [5.41, 5.74) is 4.57. The molecule has 1 atom stereocenters. The molecule has 0 aliphatic rings. The number of nitrogens with zero attached hydrogens (tertiary/aromatic N) is 3. The molecular formula is C22H17ClN4O2. The van der Waals surface area contributed by atoms with E-state index in [1.807, 2.05) is 25.1 Å². The lowest BCUT2D eigenvalue weighted by Gasteiger charge is -2.19. The van der Waals surface area contributed by atoms with Crippen molar-refractivity contribution in [3.8, 4) is 11.3 Å². The van der Waals surface area contributed by atoms with E-state index in [1.165, 1.54) is 0 Å². The number of hydrogen-bond donors (Lipinski definition) is 2. The molecule has 2 aromatic carbocycles. The largest absolute Gasteiger partial charge is 0.478 e. The first-order valence-electron chi connectivity index (χ1n) is 8.98. The van der Waals surface area contributed by atoms with Gasteiger partial charge in [0, 0.05) is 34.2 Å². The minimum atomic E-state index is -0.990. The van der Waals surface area contributed by atoms with Crippen LogP contribution in [0, 0.1) is 0 Å². The Morgan fingerprint density at radius 2 is 1.90 bits per heavy atom. The van der Waals surface area contributed by atoms with E-state index in [9.17, 15) is 9.90 Å². The van der Waals surface area contributed by atoms with Gasteiger partial charge in [0.25, 0.3) is 0 Å². The molecule has 0 spiro atoms. The van der Waals surface area contributed by atoms with Crippen molar-refractivity contribution in [3.05, 3.63) is 83.3 Å². The second-order valence-corrected chi connectivity index (χ2v) is 7.01. The number of anilines is 1. The van der Waals surface area contributed by atoms with E-state index >= 15 is 0 Å². The van der Waals surface area contributed by atoms with Gasteiger partial charge in [0.05, 0.1) is 34.5 Å². The van der Waals surface area contributed by atoms with Gasteiger partial charge < -0.3 is 10.4 Å². The van der Waals surface area contributed by atoms with Gasteiger partial charge in [-0.2, -0.15) is 0 Å². The SMILES string of the molecule is CC(Nc1ccccc1C(=O)O)c1cc(Cl)cc2ncc(-c3ccncc3)nc12. The molecule has 2 N–H and O–H groups in total. The van der Waals surface area contributed by atoms with Crippen LogP contribution in [0.1, 0.15) is 28.9 Å². The third-order valence-electron chi connectivity index (χ3n) is 4.61. The Bertz CT molecular complexity index is 1200. The number of halogens is 1. The molecule has 2 heterocycles. The van der Waals surface area contributed by atoms with Crippen LogP contribution < -0.4 is 5.32 Å². The first-order valence-corrected chi connectivity index (χ1v) is 9.36. The summed E-state index contributed by atoms with van der Waals surface area (Å²) >= 11 is 6.31. The molecule has 144 valence electrons. The molecule has 0 amide bonds. The number of para-hydroxylation sites is 1. The number of carboxylic acid groups (broad SMARTS) is 1. The van der Waals surface area contributed by atoms with E-state index in [4.69, 9.17) is 16.6 Å². The number of fused-ring (bicyclic) bond motifs is 1. The fourth-order valence-electron chi connectivity index (χ4n) is 3.20. The van der Waals surface area contributed by atoms with Gasteiger partial charge in [-0.15, -0.1) is 0 Å². The van der Waals surface area contributed by atoms with Crippen molar-refractivity contribution >= 4 is 34.3 Å². The monoisotopic (exact) mass is 404 g/mol. The van der Waals surface area contributed by atoms with Gasteiger partial charge >= 0.3 is 5.97 Å². The van der Waals surface area contributed by atoms with Crippen molar-refractivity contribution in [3.63, 3.8) is 0 Å². The number of benzene rings is 2. The molecule has 7 heteroatoms. The van der Waals surface area contributed by atoms with E-state index in [2.05, 4.69) is 15.3 Å². The van der Waals surface area contributed by atoms with Crippen molar-refractivity contribution in [1.29, 1.82) is 0 Å². The van der Waals surface area contributed by atoms with E-state index < -0.39 is 5.97 Å². The van der Waals surface area contributed by atoms with Crippen molar-refractivity contribution in [1.82, 2.24) is 15.0 Å². The zero-order valence-corrected chi connectivity index (χ0v) is 16.3. The van der Waals surface area contributed by atoms with Crippen molar-refractivity contribution in [2.75, 3.05) is 5.32 Å². The van der Waals surface area contributed by atoms with Crippen LogP contribution in [0.3, 0.4) is 0 Å². The maximum atomic E-state index is 11.5. The number of pyridine rings is 1. The minimum absolute atomic E-state index is 0.203. The first-order chi connectivity index (χ1) is 14.0. The fourth-order valence-corrected chi connectivity index (χ4v) is 3.42. The second-order valence-electron chi connectivity index (χ2n) is 6.57. The third-order valence-corrected chi connectivity index (χ3v) is 4.83. The molecule has 29 heavy (non-hydrogen) atoms. The average molecular weight is 405 g/mol. The highest BCUT2D eigenvalue weighted by Gasteiger charge is 2.17. The molecule has 0 aliphatic heterocycles. The van der Waals surface area contributed by atoms with Crippen molar-refractivity contribution in [2.24, 2.45) is 0 Å². The van der Waals surface area contributed by atoms with Crippen LogP contribution in [0.25, 0.3) is 22.3 Å². The van der Waals surface area contributed by atoms with Gasteiger partial charge in [-0.25, -0.2) is 9.78 Å². The van der Waals surface area contributed by atoms with Crippen molar-refractivity contribution < 1.29 is 9.90 Å². The van der Waals surface area contributed by atoms with Crippen molar-refractivity contribution in [2.45, 2.75) is 13.0 Å². The van der Waals surface area contributed by atoms with Crippen LogP contribution in [0.5, 0.6) is 0 Å². The average Bonchev–Trinajstić information content (AvgIpc) is 2.73. The lowest BCUT2D eigenvalue weighted by Crippen LogP contribution is -2.11. The number of aromatic carboxylic acids is 1. The number of aromatic nitrogens is 3. The summed E-state index contributed by atoms with van der Waals surface area (Å²) in [6.45, 7) is 1.94. The maximum absolute atomic E-state index is 11.5. The quantitative estimate of drug-likeness (QED) is 0.474. The van der Waals surface area contributed by atoms with E-state index in [1.54, 1.807) is 48.9 Å². The van der Waals surface area contributed by atoms with Gasteiger partial charge in [-0.1, -0.05) is 23.7 Å². The lowest BCUT2D eigenvalue weighted by molar-refractivity contribution is 0.0698. The van der Waals surface area contributed by atoms with E-state index in [-0.39, 0.29) is 11.6 Å². The Morgan fingerprint density at radius 1 is 1.14 bits per heavy atom. The molecule has 4 aromatic rings. The third kappa shape index (κ3) is 3.88. The van der Waals surface area contributed by atoms with Crippen LogP contribution in [0.4, 0.5) is 5.69 Å². The summed E-state index contributed by atoms with van der Waals surface area (Å²) in [6.07, 6.45) is 5.11. The van der Waals surface area contributed by atoms with Gasteiger partial charge in [0.15, 0.2) is 0 Å². The highest BCUT2D eigenvalue weighted by atomic mass is 35.5. The summed E-state index contributed by atoms with van der Waals surface area (Å²) in [5, 5.41) is 13.2. The minimum Gasteiger partial charge on any atom is -0.478 e. The molecule has 2 aromatic heterocycles. The Morgan fingerprint density at radius 3 is 2.66 bits per heavy atom. The fraction of sp³-hybridized carbons (Fsp3) is 0.0909. The smallest absolute Gasteiger partial charge is 0.337 e. The normalized spacial score (nSPS) is 11.9. The first kappa shape index (κ1) is 18.8. The van der Waals surface area contributed by atoms with Crippen LogP contribution in [0.2, 0.25) is 5.02 Å². The molecule has 6 nitrogen and oxygen atoms in total. The zero-order valence-electron chi connectivity index (χ0n) is 15.5. The van der Waals surface area contributed by atoms with Gasteiger partial charge in [-0.3, -0.25) is 9.97 Å². The summed E-state index contributed by atoms with van der Waals surface area (Å²) in [6, 6.07) is 13.9. The number of rotatable bonds is 5. The molecule has 0 saturated heterocycles. The zero-order chi connectivity index (χ0) is 20.4. The molecule has 0 aliphatic carbocycles. The number of carboxylic acids is 1. The second kappa shape index (κ2) is 7.85. The van der Waals surface area contributed by atoms with E-state index in [0.717, 1.165) is 16.8 Å². The Labute approximate surface area is 172 Å². The summed E-state index contributed by atoms with van der Waals surface area (Å²) in [7, 11) is 0. The standard InChI is InChI=1S/C22H17ClN4O2/c1-13(26-18-5-3-2-4-16(18)22(28)29)17-10-15(23)11-19-21(17)27-20(12-25-19)14-6-8-24-9-7-14/h2-13,26H,1H3,(H,28,29). The van der Waals surface area contributed by atoms with Crippen LogP contribution in [0.15, 0.2) is 67.1 Å². The molecule has 1 unspecified atom stereocenters. The predicted molar refractivity (Wildman–Crippen MR) is 113 cm³/mol. The molecule has 0 fully saturated rings. The van der Waals surface area contributed by atoms with Gasteiger partial charge in [-0.05, 0) is 43.3 Å². The maximum Gasteiger partial charge on any atom is 0.337 e. The summed E-state index contributed by atoms with van der Waals surface area (Å²) in [4.78, 5) is 24.9. The number of nitrogens with one attached hydrogen (secondary N) is 1. The Balaban J connectivity index is 1.79. The van der Waals surface area contributed by atoms with Crippen LogP contribution >= 0.6 is 11.6 Å². The highest BCUT2D eigenvalue weighted by Crippen LogP contribution is 2.30. The Hall–Kier alpha value is -3.51. The molecule has 4 rings (SSSR count). The van der Waals surface area contributed by atoms with E-state index in [0.29, 0.717) is 21.7 Å². The number of hydrogen-bond acceptors (Lipinski definition) is 5. The Kier molecular flexibility index (Phi) is 5.10. The summed E-state index contributed by atoms with van der Waals surface area (Å²) < 4.78 is 0. The molecule has 0 bridgehead atoms. The molecular weight excluding hydrogens is 388 g/mol. The topological polar surface area (TPSA) is 88.0 Å². The predicted octanol–water partition coefficient (Wildman–Crippen LogP) is 5.22. The van der Waals surface area contributed by atoms with Gasteiger partial charge in [0.2, 0.25) is 0 Å².